The molecule has 0 spiro atoms. The minimum absolute atomic E-state index is 0.578. The van der Waals surface area contributed by atoms with Crippen LogP contribution in [-0.2, 0) is 6.54 Å². The van der Waals surface area contributed by atoms with Crippen LogP contribution in [0.25, 0.3) is 5.65 Å². The summed E-state index contributed by atoms with van der Waals surface area (Å²) in [4.78, 5) is 15.2. The number of aromatic nitrogens is 4. The molecule has 0 radical (unpaired) electrons. The first-order chi connectivity index (χ1) is 9.81. The summed E-state index contributed by atoms with van der Waals surface area (Å²) < 4.78 is 3.81. The van der Waals surface area contributed by atoms with Gasteiger partial charge in [-0.25, -0.2) is 4.98 Å². The Bertz CT molecular complexity index is 782. The zero-order valence-electron chi connectivity index (χ0n) is 10.9. The number of nitrogens with zero attached hydrogens (tertiary/aromatic N) is 4. The Balaban J connectivity index is 1.64. The second-order valence-electron chi connectivity index (χ2n) is 5.32. The molecule has 0 bridgehead atoms. The van der Waals surface area contributed by atoms with Gasteiger partial charge in [-0.15, -0.1) is 0 Å². The van der Waals surface area contributed by atoms with E-state index in [-0.39, 0.29) is 0 Å². The van der Waals surface area contributed by atoms with Crippen molar-refractivity contribution in [2.45, 2.75) is 25.3 Å². The van der Waals surface area contributed by atoms with E-state index in [0.717, 1.165) is 23.5 Å². The molecule has 0 N–H and O–H groups in total. The average molecular weight is 266 g/mol. The van der Waals surface area contributed by atoms with Gasteiger partial charge in [-0.2, -0.15) is 5.10 Å². The standard InChI is InChI=1S/C15H14N4O/c20-10-11-5-16-19(6-11)9-14-8-18-7-13(12-1-2-12)3-4-15(18)17-14/h3-8,10,12H,1-2,9H2. The minimum atomic E-state index is 0.578. The number of aldehydes is 1. The first-order valence-electron chi connectivity index (χ1n) is 6.77. The number of pyridine rings is 1. The van der Waals surface area contributed by atoms with E-state index in [9.17, 15) is 4.79 Å². The van der Waals surface area contributed by atoms with Crippen LogP contribution in [0.2, 0.25) is 0 Å². The smallest absolute Gasteiger partial charge is 0.153 e. The highest BCUT2D eigenvalue weighted by Gasteiger charge is 2.23. The molecule has 0 aliphatic heterocycles. The van der Waals surface area contributed by atoms with E-state index in [1.807, 2.05) is 6.20 Å². The maximum Gasteiger partial charge on any atom is 0.153 e. The number of hydrogen-bond donors (Lipinski definition) is 0. The molecule has 4 rings (SSSR count). The third-order valence-corrected chi connectivity index (χ3v) is 3.69. The van der Waals surface area contributed by atoms with Crippen molar-refractivity contribution in [3.63, 3.8) is 0 Å². The van der Waals surface area contributed by atoms with Gasteiger partial charge in [0.1, 0.15) is 5.65 Å². The maximum atomic E-state index is 10.6. The SMILES string of the molecule is O=Cc1cnn(Cc2cn3cc(C4CC4)ccc3n2)c1. The van der Waals surface area contributed by atoms with E-state index >= 15 is 0 Å². The van der Waals surface area contributed by atoms with E-state index in [2.05, 4.69) is 32.8 Å². The van der Waals surface area contributed by atoms with Gasteiger partial charge in [0.05, 0.1) is 24.0 Å². The molecule has 100 valence electrons. The lowest BCUT2D eigenvalue weighted by Gasteiger charge is -1.98. The van der Waals surface area contributed by atoms with Crippen molar-refractivity contribution in [2.24, 2.45) is 0 Å². The van der Waals surface area contributed by atoms with Gasteiger partial charge < -0.3 is 4.40 Å². The molecule has 3 aromatic heterocycles. The van der Waals surface area contributed by atoms with Crippen LogP contribution in [0.3, 0.4) is 0 Å². The molecule has 0 atom stereocenters. The second-order valence-corrected chi connectivity index (χ2v) is 5.32. The van der Waals surface area contributed by atoms with Gasteiger partial charge in [-0.3, -0.25) is 9.48 Å². The minimum Gasteiger partial charge on any atom is -0.306 e. The molecule has 5 heteroatoms. The van der Waals surface area contributed by atoms with Crippen molar-refractivity contribution in [1.29, 1.82) is 0 Å². The maximum absolute atomic E-state index is 10.6. The van der Waals surface area contributed by atoms with Crippen molar-refractivity contribution in [2.75, 3.05) is 0 Å². The first kappa shape index (κ1) is 11.4. The average Bonchev–Trinajstić information content (AvgIpc) is 3.08. The fourth-order valence-corrected chi connectivity index (χ4v) is 2.49. The van der Waals surface area contributed by atoms with Gasteiger partial charge in [0, 0.05) is 18.6 Å². The van der Waals surface area contributed by atoms with Crippen LogP contribution in [0.4, 0.5) is 0 Å². The summed E-state index contributed by atoms with van der Waals surface area (Å²) in [5, 5.41) is 4.14. The van der Waals surface area contributed by atoms with Gasteiger partial charge in [-0.1, -0.05) is 6.07 Å². The molecule has 1 aliphatic carbocycles. The van der Waals surface area contributed by atoms with Crippen LogP contribution >= 0.6 is 0 Å². The normalized spacial score (nSPS) is 14.8. The topological polar surface area (TPSA) is 52.2 Å². The van der Waals surface area contributed by atoms with Crippen LogP contribution in [0.1, 0.15) is 40.4 Å². The summed E-state index contributed by atoms with van der Waals surface area (Å²) in [5.74, 6) is 0.742. The van der Waals surface area contributed by atoms with E-state index in [1.54, 1.807) is 17.1 Å². The highest BCUT2D eigenvalue weighted by atomic mass is 16.1. The first-order valence-corrected chi connectivity index (χ1v) is 6.77. The third-order valence-electron chi connectivity index (χ3n) is 3.69. The lowest BCUT2D eigenvalue weighted by atomic mass is 10.2. The van der Waals surface area contributed by atoms with Crippen LogP contribution in [-0.4, -0.2) is 25.5 Å². The molecular formula is C15H14N4O. The Hall–Kier alpha value is -2.43. The Kier molecular flexibility index (Phi) is 2.45. The van der Waals surface area contributed by atoms with E-state index < -0.39 is 0 Å². The van der Waals surface area contributed by atoms with Gasteiger partial charge in [0.2, 0.25) is 0 Å². The van der Waals surface area contributed by atoms with E-state index in [4.69, 9.17) is 0 Å². The largest absolute Gasteiger partial charge is 0.306 e. The van der Waals surface area contributed by atoms with Crippen molar-refractivity contribution < 1.29 is 4.79 Å². The summed E-state index contributed by atoms with van der Waals surface area (Å²) in [6.07, 6.45) is 10.9. The molecule has 1 saturated carbocycles. The molecule has 3 aromatic rings. The summed E-state index contributed by atoms with van der Waals surface area (Å²) >= 11 is 0. The number of carbonyl (C=O) groups is 1. The fraction of sp³-hybridized carbons (Fsp3) is 0.267. The van der Waals surface area contributed by atoms with Gasteiger partial charge >= 0.3 is 0 Å². The molecule has 0 amide bonds. The van der Waals surface area contributed by atoms with Gasteiger partial charge in [0.15, 0.2) is 6.29 Å². The van der Waals surface area contributed by atoms with Crippen LogP contribution in [0.5, 0.6) is 0 Å². The summed E-state index contributed by atoms with van der Waals surface area (Å²) in [7, 11) is 0. The summed E-state index contributed by atoms with van der Waals surface area (Å²) in [5.41, 5.74) is 3.87. The number of carbonyl (C=O) groups excluding carboxylic acids is 1. The second kappa shape index (κ2) is 4.30. The molecule has 5 nitrogen and oxygen atoms in total. The number of fused-ring (bicyclic) bond motifs is 1. The van der Waals surface area contributed by atoms with E-state index in [0.29, 0.717) is 12.1 Å². The van der Waals surface area contributed by atoms with E-state index in [1.165, 1.54) is 18.4 Å². The Morgan fingerprint density at radius 3 is 2.90 bits per heavy atom. The highest BCUT2D eigenvalue weighted by molar-refractivity contribution is 5.73. The zero-order valence-corrected chi connectivity index (χ0v) is 10.9. The predicted molar refractivity (Wildman–Crippen MR) is 73.9 cm³/mol. The zero-order chi connectivity index (χ0) is 13.5. The van der Waals surface area contributed by atoms with Gasteiger partial charge in [-0.05, 0) is 30.4 Å². The number of imidazole rings is 1. The Morgan fingerprint density at radius 2 is 2.15 bits per heavy atom. The van der Waals surface area contributed by atoms with Gasteiger partial charge in [0.25, 0.3) is 0 Å². The highest BCUT2D eigenvalue weighted by Crippen LogP contribution is 2.39. The molecule has 1 aliphatic rings. The van der Waals surface area contributed by atoms with Crippen molar-refractivity contribution in [3.8, 4) is 0 Å². The van der Waals surface area contributed by atoms with Crippen LogP contribution in [0, 0.1) is 0 Å². The van der Waals surface area contributed by atoms with Crippen molar-refractivity contribution >= 4 is 11.9 Å². The molecule has 0 unspecified atom stereocenters. The number of hydrogen-bond acceptors (Lipinski definition) is 3. The summed E-state index contributed by atoms with van der Waals surface area (Å²) in [6, 6.07) is 4.24. The molecule has 0 aromatic carbocycles. The van der Waals surface area contributed by atoms with Crippen LogP contribution < -0.4 is 0 Å². The number of rotatable bonds is 4. The molecular weight excluding hydrogens is 252 g/mol. The van der Waals surface area contributed by atoms with Crippen molar-refractivity contribution in [3.05, 3.63) is 53.7 Å². The molecule has 3 heterocycles. The Labute approximate surface area is 115 Å². The summed E-state index contributed by atoms with van der Waals surface area (Å²) in [6.45, 7) is 0.578. The predicted octanol–water partition coefficient (Wildman–Crippen LogP) is 2.27. The lowest BCUT2D eigenvalue weighted by Crippen LogP contribution is -1.99. The van der Waals surface area contributed by atoms with Crippen molar-refractivity contribution in [1.82, 2.24) is 19.2 Å². The molecule has 0 saturated heterocycles. The Morgan fingerprint density at radius 1 is 1.25 bits per heavy atom. The molecule has 1 fully saturated rings. The monoisotopic (exact) mass is 266 g/mol. The molecule has 20 heavy (non-hydrogen) atoms. The fourth-order valence-electron chi connectivity index (χ4n) is 2.49. The third kappa shape index (κ3) is 2.01. The van der Waals surface area contributed by atoms with Crippen LogP contribution in [0.15, 0.2) is 36.9 Å². The lowest BCUT2D eigenvalue weighted by molar-refractivity contribution is 0.112. The quantitative estimate of drug-likeness (QED) is 0.681.